The van der Waals surface area contributed by atoms with Crippen molar-refractivity contribution in [2.75, 3.05) is 26.2 Å². The van der Waals surface area contributed by atoms with Gasteiger partial charge in [0.1, 0.15) is 6.21 Å². The van der Waals surface area contributed by atoms with E-state index in [9.17, 15) is 4.79 Å². The van der Waals surface area contributed by atoms with E-state index in [4.69, 9.17) is 5.21 Å². The standard InChI is InChI=1S/C9H17N3O2.ClH/c13-9(8-11-14)10-4-7-12-5-2-1-3-6-12;/h8,14H,1-7H2,(H,10,13);1H. The molecule has 0 aromatic carbocycles. The lowest BCUT2D eigenvalue weighted by Gasteiger charge is -2.26. The molecule has 1 heterocycles. The van der Waals surface area contributed by atoms with Gasteiger partial charge in [-0.1, -0.05) is 11.6 Å². The number of likely N-dealkylation sites (tertiary alicyclic amines) is 1. The third kappa shape index (κ3) is 6.30. The van der Waals surface area contributed by atoms with Gasteiger partial charge in [-0.3, -0.25) is 4.79 Å². The van der Waals surface area contributed by atoms with Gasteiger partial charge in [0.2, 0.25) is 0 Å². The molecule has 1 rings (SSSR count). The Bertz CT molecular complexity index is 206. The minimum Gasteiger partial charge on any atom is -0.411 e. The molecule has 1 aliphatic heterocycles. The van der Waals surface area contributed by atoms with Gasteiger partial charge in [-0.15, -0.1) is 12.4 Å². The minimum absolute atomic E-state index is 0. The first-order valence-electron chi connectivity index (χ1n) is 5.00. The van der Waals surface area contributed by atoms with E-state index >= 15 is 0 Å². The van der Waals surface area contributed by atoms with Crippen molar-refractivity contribution in [3.63, 3.8) is 0 Å². The minimum atomic E-state index is -0.343. The molecule has 0 radical (unpaired) electrons. The number of amides is 1. The molecule has 2 N–H and O–H groups in total. The molecule has 1 fully saturated rings. The van der Waals surface area contributed by atoms with Crippen molar-refractivity contribution in [3.8, 4) is 0 Å². The fourth-order valence-electron chi connectivity index (χ4n) is 1.62. The van der Waals surface area contributed by atoms with Crippen LogP contribution in [0.5, 0.6) is 0 Å². The number of oxime groups is 1. The van der Waals surface area contributed by atoms with Gasteiger partial charge < -0.3 is 15.4 Å². The van der Waals surface area contributed by atoms with Crippen LogP contribution in [0.25, 0.3) is 0 Å². The number of hydrogen-bond donors (Lipinski definition) is 2. The molecule has 0 atom stereocenters. The van der Waals surface area contributed by atoms with Crippen molar-refractivity contribution in [2.45, 2.75) is 19.3 Å². The molecule has 5 nitrogen and oxygen atoms in total. The first-order chi connectivity index (χ1) is 6.83. The van der Waals surface area contributed by atoms with Crippen molar-refractivity contribution in [2.24, 2.45) is 5.16 Å². The monoisotopic (exact) mass is 235 g/mol. The highest BCUT2D eigenvalue weighted by Gasteiger charge is 2.09. The number of nitrogens with one attached hydrogen (secondary N) is 1. The Morgan fingerprint density at radius 3 is 2.67 bits per heavy atom. The molecule has 0 spiro atoms. The lowest BCUT2D eigenvalue weighted by atomic mass is 10.1. The van der Waals surface area contributed by atoms with Crippen LogP contribution in [0, 0.1) is 0 Å². The highest BCUT2D eigenvalue weighted by atomic mass is 35.5. The van der Waals surface area contributed by atoms with Gasteiger partial charge in [0, 0.05) is 13.1 Å². The zero-order chi connectivity index (χ0) is 10.2. The van der Waals surface area contributed by atoms with Crippen molar-refractivity contribution >= 4 is 24.5 Å². The van der Waals surface area contributed by atoms with Crippen molar-refractivity contribution < 1.29 is 10.0 Å². The average molecular weight is 236 g/mol. The topological polar surface area (TPSA) is 64.9 Å². The van der Waals surface area contributed by atoms with E-state index in [-0.39, 0.29) is 18.3 Å². The number of piperidine rings is 1. The number of rotatable bonds is 4. The summed E-state index contributed by atoms with van der Waals surface area (Å²) < 4.78 is 0. The van der Waals surface area contributed by atoms with E-state index in [1.54, 1.807) is 0 Å². The summed E-state index contributed by atoms with van der Waals surface area (Å²) in [4.78, 5) is 13.2. The quantitative estimate of drug-likeness (QED) is 0.423. The molecule has 88 valence electrons. The largest absolute Gasteiger partial charge is 0.411 e. The summed E-state index contributed by atoms with van der Waals surface area (Å²) in [5, 5.41) is 13.4. The van der Waals surface area contributed by atoms with Crippen molar-refractivity contribution in [3.05, 3.63) is 0 Å². The number of halogens is 1. The van der Waals surface area contributed by atoms with E-state index in [1.807, 2.05) is 0 Å². The molecule has 6 heteroatoms. The van der Waals surface area contributed by atoms with Crippen LogP contribution in [0.3, 0.4) is 0 Å². The van der Waals surface area contributed by atoms with E-state index in [1.165, 1.54) is 19.3 Å². The summed E-state index contributed by atoms with van der Waals surface area (Å²) in [6.45, 7) is 3.75. The van der Waals surface area contributed by atoms with Crippen LogP contribution in [0.4, 0.5) is 0 Å². The summed E-state index contributed by atoms with van der Waals surface area (Å²) >= 11 is 0. The van der Waals surface area contributed by atoms with Gasteiger partial charge in [-0.25, -0.2) is 0 Å². The molecule has 1 aliphatic rings. The predicted octanol–water partition coefficient (Wildman–Crippen LogP) is 0.470. The van der Waals surface area contributed by atoms with Crippen LogP contribution in [0.2, 0.25) is 0 Å². The summed E-state index contributed by atoms with van der Waals surface area (Å²) in [7, 11) is 0. The molecular formula is C9H18ClN3O2. The highest BCUT2D eigenvalue weighted by Crippen LogP contribution is 2.06. The summed E-state index contributed by atoms with van der Waals surface area (Å²) in [6, 6.07) is 0. The molecule has 0 unspecified atom stereocenters. The Morgan fingerprint density at radius 2 is 2.07 bits per heavy atom. The number of nitrogens with zero attached hydrogens (tertiary/aromatic N) is 2. The van der Waals surface area contributed by atoms with Crippen LogP contribution in [-0.4, -0.2) is 48.4 Å². The normalized spacial score (nSPS) is 17.3. The Morgan fingerprint density at radius 1 is 1.40 bits per heavy atom. The third-order valence-corrected chi connectivity index (χ3v) is 2.35. The molecule has 1 amide bonds. The van der Waals surface area contributed by atoms with Crippen LogP contribution in [-0.2, 0) is 4.79 Å². The van der Waals surface area contributed by atoms with Crippen LogP contribution in [0.15, 0.2) is 5.16 Å². The van der Waals surface area contributed by atoms with Crippen LogP contribution >= 0.6 is 12.4 Å². The second-order valence-electron chi connectivity index (χ2n) is 3.44. The molecule has 0 aromatic heterocycles. The Labute approximate surface area is 95.9 Å². The average Bonchev–Trinajstić information content (AvgIpc) is 2.20. The van der Waals surface area contributed by atoms with E-state index in [0.29, 0.717) is 6.54 Å². The zero-order valence-electron chi connectivity index (χ0n) is 8.69. The summed E-state index contributed by atoms with van der Waals surface area (Å²) in [5.41, 5.74) is 0. The molecule has 0 aliphatic carbocycles. The Balaban J connectivity index is 0.00000196. The molecule has 15 heavy (non-hydrogen) atoms. The number of hydrogen-bond acceptors (Lipinski definition) is 4. The van der Waals surface area contributed by atoms with E-state index in [2.05, 4.69) is 15.4 Å². The molecule has 0 bridgehead atoms. The van der Waals surface area contributed by atoms with Crippen LogP contribution in [0.1, 0.15) is 19.3 Å². The van der Waals surface area contributed by atoms with E-state index in [0.717, 1.165) is 25.8 Å². The summed E-state index contributed by atoms with van der Waals surface area (Å²) in [5.74, 6) is -0.343. The van der Waals surface area contributed by atoms with Gasteiger partial charge in [0.25, 0.3) is 5.91 Å². The number of carbonyl (C=O) groups is 1. The maximum atomic E-state index is 10.8. The molecule has 1 saturated heterocycles. The Kier molecular flexibility index (Phi) is 8.04. The van der Waals surface area contributed by atoms with Crippen LogP contribution < -0.4 is 5.32 Å². The van der Waals surface area contributed by atoms with Gasteiger partial charge in [0.15, 0.2) is 0 Å². The van der Waals surface area contributed by atoms with Gasteiger partial charge >= 0.3 is 0 Å². The fraction of sp³-hybridized carbons (Fsp3) is 0.778. The number of carbonyl (C=O) groups excluding carboxylic acids is 1. The molecular weight excluding hydrogens is 218 g/mol. The fourth-order valence-corrected chi connectivity index (χ4v) is 1.62. The second-order valence-corrected chi connectivity index (χ2v) is 3.44. The lowest BCUT2D eigenvalue weighted by Crippen LogP contribution is -2.37. The first kappa shape index (κ1) is 14.2. The van der Waals surface area contributed by atoms with Crippen molar-refractivity contribution in [1.82, 2.24) is 10.2 Å². The second kappa shape index (κ2) is 8.49. The van der Waals surface area contributed by atoms with Gasteiger partial charge in [-0.05, 0) is 25.9 Å². The first-order valence-corrected chi connectivity index (χ1v) is 5.00. The van der Waals surface area contributed by atoms with E-state index < -0.39 is 0 Å². The highest BCUT2D eigenvalue weighted by molar-refractivity contribution is 6.25. The van der Waals surface area contributed by atoms with Crippen molar-refractivity contribution in [1.29, 1.82) is 0 Å². The zero-order valence-corrected chi connectivity index (χ0v) is 9.50. The lowest BCUT2D eigenvalue weighted by molar-refractivity contribution is -0.114. The maximum Gasteiger partial charge on any atom is 0.265 e. The Hall–Kier alpha value is -0.810. The maximum absolute atomic E-state index is 10.8. The molecule has 0 aromatic rings. The van der Waals surface area contributed by atoms with Gasteiger partial charge in [-0.2, -0.15) is 0 Å². The third-order valence-electron chi connectivity index (χ3n) is 2.35. The predicted molar refractivity (Wildman–Crippen MR) is 60.8 cm³/mol. The van der Waals surface area contributed by atoms with Gasteiger partial charge in [0.05, 0.1) is 0 Å². The SMILES string of the molecule is Cl.O=C(C=NO)NCCN1CCCCC1. The smallest absolute Gasteiger partial charge is 0.265 e. The summed E-state index contributed by atoms with van der Waals surface area (Å²) in [6.07, 6.45) is 4.70. The molecule has 0 saturated carbocycles.